The Balaban J connectivity index is 4.45. The second kappa shape index (κ2) is 47.2. The molecule has 10 heteroatoms. The van der Waals surface area contributed by atoms with Gasteiger partial charge in [-0.25, -0.2) is 4.79 Å². The quantitative estimate of drug-likeness (QED) is 0.0362. The van der Waals surface area contributed by atoms with E-state index in [-0.39, 0.29) is 11.9 Å². The fraction of sp³-hybridized carbons (Fsp3) is 0.945. The number of nitrogens with zero attached hydrogens (tertiary/aromatic N) is 1. The molecule has 65 heavy (non-hydrogen) atoms. The number of nitrogens with one attached hydrogen (secondary N) is 1. The van der Waals surface area contributed by atoms with Gasteiger partial charge < -0.3 is 33.9 Å². The molecule has 0 aromatic heterocycles. The van der Waals surface area contributed by atoms with E-state index in [4.69, 9.17) is 23.7 Å². The van der Waals surface area contributed by atoms with E-state index >= 15 is 0 Å². The molecule has 1 N–H and O–H groups in total. The highest BCUT2D eigenvalue weighted by atomic mass is 16.6. The molecule has 0 saturated carbocycles. The summed E-state index contributed by atoms with van der Waals surface area (Å²) in [6.07, 6.45) is 36.8. The van der Waals surface area contributed by atoms with Crippen molar-refractivity contribution in [2.45, 2.75) is 260 Å². The highest BCUT2D eigenvalue weighted by molar-refractivity contribution is 5.69. The van der Waals surface area contributed by atoms with Crippen molar-refractivity contribution >= 4 is 18.0 Å². The van der Waals surface area contributed by atoms with E-state index in [1.807, 2.05) is 20.8 Å². The molecule has 0 radical (unpaired) electrons. The second-order valence-corrected chi connectivity index (χ2v) is 20.0. The van der Waals surface area contributed by atoms with Crippen molar-refractivity contribution in [3.05, 3.63) is 0 Å². The average Bonchev–Trinajstić information content (AvgIpc) is 3.26. The summed E-state index contributed by atoms with van der Waals surface area (Å²) in [5.41, 5.74) is -0.518. The van der Waals surface area contributed by atoms with Crippen LogP contribution in [-0.2, 0) is 33.3 Å². The number of alkyl carbamates (subject to hydrolysis) is 1. The number of esters is 2. The van der Waals surface area contributed by atoms with Gasteiger partial charge >= 0.3 is 18.0 Å². The van der Waals surface area contributed by atoms with Crippen LogP contribution >= 0.6 is 0 Å². The minimum Gasteiger partial charge on any atom is -0.466 e. The molecular formula is C55H108N2O8. The van der Waals surface area contributed by atoms with E-state index in [1.165, 1.54) is 116 Å². The summed E-state index contributed by atoms with van der Waals surface area (Å²) >= 11 is 0. The number of unbranched alkanes of at least 4 members (excludes halogenated alkanes) is 16. The molecule has 0 aliphatic heterocycles. The maximum Gasteiger partial charge on any atom is 0.407 e. The van der Waals surface area contributed by atoms with Crippen LogP contribution in [0.2, 0.25) is 0 Å². The highest BCUT2D eigenvalue weighted by Crippen LogP contribution is 2.24. The van der Waals surface area contributed by atoms with Crippen molar-refractivity contribution in [2.24, 2.45) is 11.8 Å². The molecular weight excluding hydrogens is 817 g/mol. The lowest BCUT2D eigenvalue weighted by molar-refractivity contribution is -0.144. The summed E-state index contributed by atoms with van der Waals surface area (Å²) in [7, 11) is 0. The first-order chi connectivity index (χ1) is 31.5. The summed E-state index contributed by atoms with van der Waals surface area (Å²) in [5, 5.41) is 2.71. The first-order valence-electron chi connectivity index (χ1n) is 27.7. The van der Waals surface area contributed by atoms with E-state index in [1.54, 1.807) is 0 Å². The fourth-order valence-corrected chi connectivity index (χ4v) is 8.52. The number of ether oxygens (including phenoxy) is 5. The third kappa shape index (κ3) is 47.0. The SMILES string of the molecule is CCCCCC(CCCCC)CCCOC(=O)CCCCCCCN(CCCCCCCC(=O)OCCCC(CCCCC)CCCCC)CCOCCOCCNC(=O)OC(C)(C)C. The summed E-state index contributed by atoms with van der Waals surface area (Å²) in [6.45, 7) is 21.2. The van der Waals surface area contributed by atoms with Crippen molar-refractivity contribution in [3.63, 3.8) is 0 Å². The van der Waals surface area contributed by atoms with Gasteiger partial charge in [-0.05, 0) is 97.1 Å². The Kier molecular flexibility index (Phi) is 45.8. The second-order valence-electron chi connectivity index (χ2n) is 20.0. The first kappa shape index (κ1) is 63.1. The minimum atomic E-state index is -0.518. The summed E-state index contributed by atoms with van der Waals surface area (Å²) in [5.74, 6) is 1.51. The van der Waals surface area contributed by atoms with Crippen molar-refractivity contribution in [1.29, 1.82) is 0 Å². The summed E-state index contributed by atoms with van der Waals surface area (Å²) in [4.78, 5) is 39.2. The van der Waals surface area contributed by atoms with Crippen LogP contribution in [0, 0.1) is 11.8 Å². The molecule has 0 aromatic rings. The molecule has 386 valence electrons. The Hall–Kier alpha value is -1.91. The Morgan fingerprint density at radius 1 is 0.431 bits per heavy atom. The Bertz CT molecular complexity index is 975. The van der Waals surface area contributed by atoms with Gasteiger partial charge in [0.15, 0.2) is 0 Å². The third-order valence-electron chi connectivity index (χ3n) is 12.5. The maximum absolute atomic E-state index is 12.4. The standard InChI is InChI=1S/C55H108N2O8/c1-8-12-22-32-50(33-23-13-9-2)36-30-44-63-52(58)38-26-18-16-20-28-41-57(43-47-62-49-48-61-46-40-56-54(60)65-55(5,6)7)42-29-21-17-19-27-39-53(59)64-45-31-37-51(34-24-14-10-3)35-25-15-11-4/h50-51H,8-49H2,1-7H3,(H,56,60). The van der Waals surface area contributed by atoms with Gasteiger partial charge in [-0.2, -0.15) is 0 Å². The van der Waals surface area contributed by atoms with E-state index in [2.05, 4.69) is 37.9 Å². The van der Waals surface area contributed by atoms with Crippen LogP contribution in [-0.4, -0.2) is 94.4 Å². The molecule has 0 fully saturated rings. The molecule has 0 bridgehead atoms. The summed E-state index contributed by atoms with van der Waals surface area (Å²) in [6, 6.07) is 0. The maximum atomic E-state index is 12.4. The first-order valence-corrected chi connectivity index (χ1v) is 27.7. The van der Waals surface area contributed by atoms with Gasteiger partial charge in [0.2, 0.25) is 0 Å². The van der Waals surface area contributed by atoms with E-state index in [9.17, 15) is 14.4 Å². The Morgan fingerprint density at radius 2 is 0.815 bits per heavy atom. The molecule has 0 unspecified atom stereocenters. The molecule has 0 aromatic carbocycles. The lowest BCUT2D eigenvalue weighted by Gasteiger charge is -2.22. The smallest absolute Gasteiger partial charge is 0.407 e. The number of amides is 1. The molecule has 0 rings (SSSR count). The Labute approximate surface area is 402 Å². The lowest BCUT2D eigenvalue weighted by atomic mass is 9.91. The van der Waals surface area contributed by atoms with Crippen molar-refractivity contribution < 1.29 is 38.1 Å². The van der Waals surface area contributed by atoms with Crippen LogP contribution < -0.4 is 5.32 Å². The minimum absolute atomic E-state index is 0.0302. The van der Waals surface area contributed by atoms with Crippen LogP contribution in [0.1, 0.15) is 254 Å². The average molecular weight is 925 g/mol. The molecule has 0 aliphatic carbocycles. The normalized spacial score (nSPS) is 11.8. The topological polar surface area (TPSA) is 113 Å². The van der Waals surface area contributed by atoms with Gasteiger partial charge in [0.05, 0.1) is 39.6 Å². The van der Waals surface area contributed by atoms with Crippen LogP contribution in [0.4, 0.5) is 4.79 Å². The van der Waals surface area contributed by atoms with E-state index in [0.29, 0.717) is 59.0 Å². The summed E-state index contributed by atoms with van der Waals surface area (Å²) < 4.78 is 28.1. The predicted molar refractivity (Wildman–Crippen MR) is 272 cm³/mol. The largest absolute Gasteiger partial charge is 0.466 e. The highest BCUT2D eigenvalue weighted by Gasteiger charge is 2.16. The number of hydrogen-bond acceptors (Lipinski definition) is 9. The van der Waals surface area contributed by atoms with Gasteiger partial charge in [0.25, 0.3) is 0 Å². The molecule has 1 amide bonds. The number of rotatable bonds is 49. The molecule has 0 heterocycles. The van der Waals surface area contributed by atoms with Crippen LogP contribution in [0.3, 0.4) is 0 Å². The van der Waals surface area contributed by atoms with Gasteiger partial charge in [-0.15, -0.1) is 0 Å². The number of carbonyl (C=O) groups is 3. The molecule has 10 nitrogen and oxygen atoms in total. The predicted octanol–water partition coefficient (Wildman–Crippen LogP) is 14.7. The van der Waals surface area contributed by atoms with Crippen LogP contribution in [0.25, 0.3) is 0 Å². The zero-order valence-corrected chi connectivity index (χ0v) is 44.1. The monoisotopic (exact) mass is 925 g/mol. The van der Waals surface area contributed by atoms with Crippen molar-refractivity contribution in [1.82, 2.24) is 10.2 Å². The molecule has 0 spiro atoms. The van der Waals surface area contributed by atoms with Crippen LogP contribution in [0.15, 0.2) is 0 Å². The number of hydrogen-bond donors (Lipinski definition) is 1. The zero-order valence-electron chi connectivity index (χ0n) is 44.1. The lowest BCUT2D eigenvalue weighted by Crippen LogP contribution is -2.34. The van der Waals surface area contributed by atoms with Gasteiger partial charge in [-0.3, -0.25) is 9.59 Å². The molecule has 0 saturated heterocycles. The van der Waals surface area contributed by atoms with Gasteiger partial charge in [-0.1, -0.05) is 169 Å². The van der Waals surface area contributed by atoms with Crippen molar-refractivity contribution in [3.8, 4) is 0 Å². The van der Waals surface area contributed by atoms with Gasteiger partial charge in [0, 0.05) is 25.9 Å². The van der Waals surface area contributed by atoms with E-state index in [0.717, 1.165) is 109 Å². The van der Waals surface area contributed by atoms with Crippen molar-refractivity contribution in [2.75, 3.05) is 65.8 Å². The van der Waals surface area contributed by atoms with Gasteiger partial charge in [0.1, 0.15) is 5.60 Å². The molecule has 0 aliphatic rings. The van der Waals surface area contributed by atoms with E-state index < -0.39 is 11.7 Å². The van der Waals surface area contributed by atoms with Crippen LogP contribution in [0.5, 0.6) is 0 Å². The molecule has 0 atom stereocenters. The third-order valence-corrected chi connectivity index (χ3v) is 12.5. The zero-order chi connectivity index (χ0) is 47.9. The number of carbonyl (C=O) groups excluding carboxylic acids is 3. The Morgan fingerprint density at radius 3 is 1.23 bits per heavy atom. The fourth-order valence-electron chi connectivity index (χ4n) is 8.52.